The van der Waals surface area contributed by atoms with Crippen molar-refractivity contribution in [3.05, 3.63) is 34.9 Å². The topological polar surface area (TPSA) is 21.3 Å². The molecule has 2 heterocycles. The quantitative estimate of drug-likeness (QED) is 0.802. The van der Waals surface area contributed by atoms with Gasteiger partial charge in [-0.25, -0.2) is 0 Å². The second-order valence-corrected chi connectivity index (χ2v) is 5.25. The highest BCUT2D eigenvalue weighted by molar-refractivity contribution is 5.38. The molecule has 1 aromatic carbocycles. The van der Waals surface area contributed by atoms with Crippen molar-refractivity contribution >= 4 is 0 Å². The van der Waals surface area contributed by atoms with Gasteiger partial charge in [-0.3, -0.25) is 0 Å². The zero-order chi connectivity index (χ0) is 11.7. The van der Waals surface area contributed by atoms with Gasteiger partial charge in [0.25, 0.3) is 0 Å². The zero-order valence-electron chi connectivity index (χ0n) is 10.5. The van der Waals surface area contributed by atoms with Crippen LogP contribution in [0.4, 0.5) is 0 Å². The molecule has 2 aliphatic heterocycles. The molecule has 0 saturated carbocycles. The van der Waals surface area contributed by atoms with E-state index in [2.05, 4.69) is 30.4 Å². The molecule has 2 aliphatic rings. The molecule has 92 valence electrons. The molecule has 0 aliphatic carbocycles. The summed E-state index contributed by atoms with van der Waals surface area (Å²) in [5.74, 6) is 0. The summed E-state index contributed by atoms with van der Waals surface area (Å²) in [6, 6.07) is 7.19. The van der Waals surface area contributed by atoms with Gasteiger partial charge >= 0.3 is 0 Å². The third-order valence-electron chi connectivity index (χ3n) is 4.05. The summed E-state index contributed by atoms with van der Waals surface area (Å²) in [5.41, 5.74) is 4.36. The van der Waals surface area contributed by atoms with Crippen LogP contribution >= 0.6 is 0 Å². The molecule has 1 saturated heterocycles. The Balaban J connectivity index is 1.99. The van der Waals surface area contributed by atoms with Gasteiger partial charge in [-0.1, -0.05) is 18.2 Å². The summed E-state index contributed by atoms with van der Waals surface area (Å²) >= 11 is 0. The molecule has 2 atom stereocenters. The van der Waals surface area contributed by atoms with Gasteiger partial charge in [0.1, 0.15) is 0 Å². The Morgan fingerprint density at radius 1 is 1.29 bits per heavy atom. The normalized spacial score (nSPS) is 28.8. The van der Waals surface area contributed by atoms with Gasteiger partial charge in [0, 0.05) is 12.6 Å². The monoisotopic (exact) mass is 231 g/mol. The van der Waals surface area contributed by atoms with Gasteiger partial charge in [0.2, 0.25) is 0 Å². The van der Waals surface area contributed by atoms with Crippen LogP contribution < -0.4 is 5.32 Å². The van der Waals surface area contributed by atoms with Crippen LogP contribution in [0.25, 0.3) is 0 Å². The zero-order valence-corrected chi connectivity index (χ0v) is 10.5. The van der Waals surface area contributed by atoms with Crippen LogP contribution in [0.1, 0.15) is 42.1 Å². The Hall–Kier alpha value is -0.860. The van der Waals surface area contributed by atoms with Gasteiger partial charge < -0.3 is 10.1 Å². The number of aryl methyl sites for hydroxylation is 2. The molecule has 2 nitrogen and oxygen atoms in total. The van der Waals surface area contributed by atoms with E-state index >= 15 is 0 Å². The third kappa shape index (κ3) is 2.12. The molecule has 0 spiro atoms. The van der Waals surface area contributed by atoms with E-state index in [9.17, 15) is 0 Å². The average molecular weight is 231 g/mol. The Bertz CT molecular complexity index is 396. The summed E-state index contributed by atoms with van der Waals surface area (Å²) in [6.07, 6.45) is 5.13. The molecule has 0 bridgehead atoms. The molecule has 1 aromatic rings. The first kappa shape index (κ1) is 11.2. The third-order valence-corrected chi connectivity index (χ3v) is 4.05. The molecule has 2 heteroatoms. The van der Waals surface area contributed by atoms with Crippen LogP contribution in [0.3, 0.4) is 0 Å². The van der Waals surface area contributed by atoms with Gasteiger partial charge in [-0.15, -0.1) is 0 Å². The number of nitrogens with one attached hydrogen (secondary N) is 1. The van der Waals surface area contributed by atoms with E-state index in [0.29, 0.717) is 6.04 Å². The Morgan fingerprint density at radius 2 is 2.24 bits per heavy atom. The fourth-order valence-corrected chi connectivity index (χ4v) is 3.21. The molecule has 17 heavy (non-hydrogen) atoms. The van der Waals surface area contributed by atoms with E-state index in [1.54, 1.807) is 0 Å². The minimum Gasteiger partial charge on any atom is -0.372 e. The van der Waals surface area contributed by atoms with E-state index in [0.717, 1.165) is 19.6 Å². The largest absolute Gasteiger partial charge is 0.372 e. The van der Waals surface area contributed by atoms with Crippen molar-refractivity contribution in [2.24, 2.45) is 0 Å². The Labute approximate surface area is 103 Å². The number of rotatable bonds is 1. The number of hydrogen-bond acceptors (Lipinski definition) is 2. The predicted molar refractivity (Wildman–Crippen MR) is 69.2 cm³/mol. The molecule has 0 amide bonds. The van der Waals surface area contributed by atoms with Gasteiger partial charge in [0.15, 0.2) is 0 Å². The Morgan fingerprint density at radius 3 is 3.06 bits per heavy atom. The van der Waals surface area contributed by atoms with Gasteiger partial charge in [-0.05, 0) is 55.8 Å². The van der Waals surface area contributed by atoms with E-state index in [4.69, 9.17) is 4.74 Å². The second-order valence-electron chi connectivity index (χ2n) is 5.25. The molecule has 3 rings (SSSR count). The van der Waals surface area contributed by atoms with Crippen LogP contribution in [0.2, 0.25) is 0 Å². The van der Waals surface area contributed by atoms with E-state index in [1.165, 1.54) is 36.0 Å². The van der Waals surface area contributed by atoms with Crippen LogP contribution in [0, 0.1) is 6.92 Å². The average Bonchev–Trinajstić information content (AvgIpc) is 2.76. The van der Waals surface area contributed by atoms with Crippen molar-refractivity contribution in [2.75, 3.05) is 13.2 Å². The molecule has 0 radical (unpaired) electrons. The van der Waals surface area contributed by atoms with Crippen LogP contribution in [0.5, 0.6) is 0 Å². The van der Waals surface area contributed by atoms with Crippen molar-refractivity contribution in [1.82, 2.24) is 5.32 Å². The Kier molecular flexibility index (Phi) is 3.17. The maximum Gasteiger partial charge on any atom is 0.0982 e. The number of benzene rings is 1. The fraction of sp³-hybridized carbons (Fsp3) is 0.600. The van der Waals surface area contributed by atoms with Crippen molar-refractivity contribution in [1.29, 1.82) is 0 Å². The molecule has 1 fully saturated rings. The molecular formula is C15H21NO. The smallest absolute Gasteiger partial charge is 0.0982 e. The summed E-state index contributed by atoms with van der Waals surface area (Å²) in [6.45, 7) is 4.26. The predicted octanol–water partition coefficient (Wildman–Crippen LogP) is 2.75. The highest BCUT2D eigenvalue weighted by atomic mass is 16.5. The standard InChI is InChI=1S/C15H21NO/c1-11-5-2-6-12-7-4-10-17-15(14(11)12)13-8-3-9-16-13/h2,5-6,13,15-16H,3-4,7-10H2,1H3/t13-,15?/m0/s1. The summed E-state index contributed by atoms with van der Waals surface area (Å²) in [7, 11) is 0. The summed E-state index contributed by atoms with van der Waals surface area (Å²) in [5, 5.41) is 3.60. The van der Waals surface area contributed by atoms with E-state index in [1.807, 2.05) is 0 Å². The van der Waals surface area contributed by atoms with Gasteiger partial charge in [0.05, 0.1) is 6.10 Å². The molecule has 1 unspecified atom stereocenters. The van der Waals surface area contributed by atoms with Crippen molar-refractivity contribution in [3.8, 4) is 0 Å². The molecule has 0 aromatic heterocycles. The van der Waals surface area contributed by atoms with Crippen LogP contribution in [-0.2, 0) is 11.2 Å². The number of ether oxygens (including phenoxy) is 1. The first-order chi connectivity index (χ1) is 8.36. The SMILES string of the molecule is Cc1cccc2c1C([C@@H]1CCCN1)OCCC2. The highest BCUT2D eigenvalue weighted by Crippen LogP contribution is 2.34. The lowest BCUT2D eigenvalue weighted by Crippen LogP contribution is -2.31. The summed E-state index contributed by atoms with van der Waals surface area (Å²) < 4.78 is 6.13. The maximum absolute atomic E-state index is 6.13. The summed E-state index contributed by atoms with van der Waals surface area (Å²) in [4.78, 5) is 0. The number of fused-ring (bicyclic) bond motifs is 1. The molecular weight excluding hydrogens is 210 g/mol. The van der Waals surface area contributed by atoms with E-state index < -0.39 is 0 Å². The lowest BCUT2D eigenvalue weighted by molar-refractivity contribution is 0.0330. The fourth-order valence-electron chi connectivity index (χ4n) is 3.21. The van der Waals surface area contributed by atoms with Crippen molar-refractivity contribution in [2.45, 2.75) is 44.8 Å². The second kappa shape index (κ2) is 4.79. The first-order valence-corrected chi connectivity index (χ1v) is 6.79. The number of hydrogen-bond donors (Lipinski definition) is 1. The minimum atomic E-state index is 0.274. The lowest BCUT2D eigenvalue weighted by atomic mass is 9.91. The maximum atomic E-state index is 6.13. The lowest BCUT2D eigenvalue weighted by Gasteiger charge is -2.26. The van der Waals surface area contributed by atoms with Gasteiger partial charge in [-0.2, -0.15) is 0 Å². The van der Waals surface area contributed by atoms with Crippen molar-refractivity contribution < 1.29 is 4.74 Å². The highest BCUT2D eigenvalue weighted by Gasteiger charge is 2.30. The first-order valence-electron chi connectivity index (χ1n) is 6.79. The van der Waals surface area contributed by atoms with Crippen LogP contribution in [0.15, 0.2) is 18.2 Å². The van der Waals surface area contributed by atoms with Crippen LogP contribution in [-0.4, -0.2) is 19.2 Å². The van der Waals surface area contributed by atoms with Crippen molar-refractivity contribution in [3.63, 3.8) is 0 Å². The molecule has 1 N–H and O–H groups in total. The minimum absolute atomic E-state index is 0.274. The van der Waals surface area contributed by atoms with E-state index in [-0.39, 0.29) is 6.10 Å².